The van der Waals surface area contributed by atoms with Crippen LogP contribution in [-0.4, -0.2) is 40.5 Å². The zero-order valence-corrected chi connectivity index (χ0v) is 16.9. The van der Waals surface area contributed by atoms with Gasteiger partial charge >= 0.3 is 5.97 Å². The third-order valence-electron chi connectivity index (χ3n) is 5.71. The summed E-state index contributed by atoms with van der Waals surface area (Å²) in [6, 6.07) is 0. The normalized spacial score (nSPS) is 23.3. The predicted octanol–water partition coefficient (Wildman–Crippen LogP) is 2.88. The molecule has 1 N–H and O–H groups in total. The summed E-state index contributed by atoms with van der Waals surface area (Å²) in [6.07, 6.45) is 5.00. The van der Waals surface area contributed by atoms with E-state index < -0.39 is 0 Å². The molecule has 27 heavy (non-hydrogen) atoms. The van der Waals surface area contributed by atoms with Crippen molar-refractivity contribution in [3.8, 4) is 0 Å². The van der Waals surface area contributed by atoms with E-state index >= 15 is 0 Å². The lowest BCUT2D eigenvalue weighted by Gasteiger charge is -2.30. The van der Waals surface area contributed by atoms with Crippen LogP contribution in [0.25, 0.3) is 10.2 Å². The first-order chi connectivity index (χ1) is 13.0. The number of aromatic amines is 1. The molecule has 0 saturated carbocycles. The fourth-order valence-corrected chi connectivity index (χ4v) is 5.73. The molecule has 1 saturated heterocycles. The fourth-order valence-electron chi connectivity index (χ4n) is 4.33. The number of aromatic nitrogens is 2. The van der Waals surface area contributed by atoms with Crippen molar-refractivity contribution in [2.24, 2.45) is 11.8 Å². The Hall–Kier alpha value is -1.73. The fraction of sp³-hybridized carbons (Fsp3) is 0.650. The first-order valence-corrected chi connectivity index (χ1v) is 10.8. The summed E-state index contributed by atoms with van der Waals surface area (Å²) in [4.78, 5) is 36.9. The average Bonchev–Trinajstić information content (AvgIpc) is 2.99. The van der Waals surface area contributed by atoms with Crippen LogP contribution < -0.4 is 5.56 Å². The van der Waals surface area contributed by atoms with Crippen molar-refractivity contribution in [1.29, 1.82) is 0 Å². The molecule has 2 atom stereocenters. The molecular weight excluding hydrogens is 362 g/mol. The van der Waals surface area contributed by atoms with Crippen LogP contribution in [0.2, 0.25) is 0 Å². The number of H-pyrrole nitrogens is 1. The van der Waals surface area contributed by atoms with Crippen molar-refractivity contribution in [2.45, 2.75) is 52.5 Å². The zero-order valence-electron chi connectivity index (χ0n) is 16.0. The highest BCUT2D eigenvalue weighted by molar-refractivity contribution is 7.18. The number of carbonyl (C=O) groups is 1. The Labute approximate surface area is 162 Å². The van der Waals surface area contributed by atoms with Gasteiger partial charge in [0, 0.05) is 11.4 Å². The van der Waals surface area contributed by atoms with Gasteiger partial charge in [-0.3, -0.25) is 14.5 Å². The second-order valence-electron chi connectivity index (χ2n) is 7.87. The van der Waals surface area contributed by atoms with E-state index in [1.807, 2.05) is 6.92 Å². The topological polar surface area (TPSA) is 75.3 Å². The first kappa shape index (κ1) is 18.6. The van der Waals surface area contributed by atoms with Crippen LogP contribution >= 0.6 is 11.3 Å². The van der Waals surface area contributed by atoms with Gasteiger partial charge < -0.3 is 9.72 Å². The standard InChI is InChI=1S/C20H27N3O3S/c1-3-26-20(25)13-5-4-8-23(10-13)11-16-21-18(24)17-14-7-6-12(2)9-15(14)27-19(17)22-16/h12-13H,3-11H2,1-2H3,(H,21,22,24). The molecular formula is C20H27N3O3S. The van der Waals surface area contributed by atoms with Crippen molar-refractivity contribution in [1.82, 2.24) is 14.9 Å². The number of piperidine rings is 1. The Bertz CT molecular complexity index is 904. The number of nitrogens with zero attached hydrogens (tertiary/aromatic N) is 2. The summed E-state index contributed by atoms with van der Waals surface area (Å²) in [5.41, 5.74) is 1.20. The van der Waals surface area contributed by atoms with Crippen LogP contribution in [0.4, 0.5) is 0 Å². The Kier molecular flexibility index (Phi) is 5.32. The van der Waals surface area contributed by atoms with E-state index in [2.05, 4.69) is 16.8 Å². The van der Waals surface area contributed by atoms with Crippen LogP contribution in [0.5, 0.6) is 0 Å². The monoisotopic (exact) mass is 389 g/mol. The molecule has 1 aliphatic heterocycles. The van der Waals surface area contributed by atoms with Gasteiger partial charge in [0.1, 0.15) is 10.7 Å². The van der Waals surface area contributed by atoms with Crippen molar-refractivity contribution in [3.05, 3.63) is 26.6 Å². The maximum atomic E-state index is 12.7. The molecule has 2 aromatic heterocycles. The van der Waals surface area contributed by atoms with Crippen LogP contribution in [0.15, 0.2) is 4.79 Å². The highest BCUT2D eigenvalue weighted by atomic mass is 32.1. The van der Waals surface area contributed by atoms with Gasteiger partial charge in [-0.05, 0) is 57.1 Å². The molecule has 7 heteroatoms. The van der Waals surface area contributed by atoms with Crippen LogP contribution in [0, 0.1) is 11.8 Å². The minimum absolute atomic E-state index is 0.0130. The third-order valence-corrected chi connectivity index (χ3v) is 6.86. The lowest BCUT2D eigenvalue weighted by Crippen LogP contribution is -2.39. The largest absolute Gasteiger partial charge is 0.466 e. The van der Waals surface area contributed by atoms with Crippen LogP contribution in [-0.2, 0) is 28.9 Å². The number of nitrogens with one attached hydrogen (secondary N) is 1. The van der Waals surface area contributed by atoms with Crippen molar-refractivity contribution in [3.63, 3.8) is 0 Å². The second kappa shape index (κ2) is 7.72. The van der Waals surface area contributed by atoms with Crippen LogP contribution in [0.3, 0.4) is 0 Å². The molecule has 0 spiro atoms. The predicted molar refractivity (Wildman–Crippen MR) is 106 cm³/mol. The van der Waals surface area contributed by atoms with E-state index in [4.69, 9.17) is 9.72 Å². The van der Waals surface area contributed by atoms with E-state index in [1.54, 1.807) is 11.3 Å². The quantitative estimate of drug-likeness (QED) is 0.814. The Morgan fingerprint density at radius 2 is 2.26 bits per heavy atom. The molecule has 2 unspecified atom stereocenters. The van der Waals surface area contributed by atoms with Gasteiger partial charge in [0.25, 0.3) is 5.56 Å². The summed E-state index contributed by atoms with van der Waals surface area (Å²) in [5, 5.41) is 0.800. The maximum absolute atomic E-state index is 12.7. The van der Waals surface area contributed by atoms with Crippen LogP contribution in [0.1, 0.15) is 49.4 Å². The van der Waals surface area contributed by atoms with Crippen molar-refractivity contribution < 1.29 is 9.53 Å². The average molecular weight is 390 g/mol. The van der Waals surface area contributed by atoms with Gasteiger partial charge in [-0.1, -0.05) is 6.92 Å². The Morgan fingerprint density at radius 3 is 3.07 bits per heavy atom. The van der Waals surface area contributed by atoms with E-state index in [-0.39, 0.29) is 17.4 Å². The maximum Gasteiger partial charge on any atom is 0.310 e. The number of hydrogen-bond acceptors (Lipinski definition) is 6. The number of fused-ring (bicyclic) bond motifs is 3. The van der Waals surface area contributed by atoms with Gasteiger partial charge in [-0.15, -0.1) is 11.3 Å². The van der Waals surface area contributed by atoms with Gasteiger partial charge in [0.2, 0.25) is 0 Å². The molecule has 2 aliphatic rings. The smallest absolute Gasteiger partial charge is 0.310 e. The molecule has 0 bridgehead atoms. The summed E-state index contributed by atoms with van der Waals surface area (Å²) in [7, 11) is 0. The van der Waals surface area contributed by atoms with Crippen molar-refractivity contribution in [2.75, 3.05) is 19.7 Å². The zero-order chi connectivity index (χ0) is 19.0. The molecule has 4 rings (SSSR count). The SMILES string of the molecule is CCOC(=O)C1CCCN(Cc2nc3sc4c(c3c(=O)[nH]2)CCC(C)C4)C1. The third kappa shape index (κ3) is 3.80. The van der Waals surface area contributed by atoms with E-state index in [9.17, 15) is 9.59 Å². The molecule has 3 heterocycles. The first-order valence-electron chi connectivity index (χ1n) is 9.97. The van der Waals surface area contributed by atoms with E-state index in [0.717, 1.165) is 48.9 Å². The second-order valence-corrected chi connectivity index (χ2v) is 8.95. The number of ether oxygens (including phenoxy) is 1. The molecule has 146 valence electrons. The highest BCUT2D eigenvalue weighted by Crippen LogP contribution is 2.35. The Morgan fingerprint density at radius 1 is 1.41 bits per heavy atom. The number of carbonyl (C=O) groups excluding carboxylic acids is 1. The molecule has 0 aromatic carbocycles. The Balaban J connectivity index is 1.54. The number of aryl methyl sites for hydroxylation is 1. The minimum Gasteiger partial charge on any atom is -0.466 e. The number of likely N-dealkylation sites (tertiary alicyclic amines) is 1. The lowest BCUT2D eigenvalue weighted by atomic mass is 9.89. The number of esters is 1. The number of hydrogen-bond donors (Lipinski definition) is 1. The van der Waals surface area contributed by atoms with Gasteiger partial charge in [-0.2, -0.15) is 0 Å². The van der Waals surface area contributed by atoms with Gasteiger partial charge in [-0.25, -0.2) is 4.98 Å². The summed E-state index contributed by atoms with van der Waals surface area (Å²) >= 11 is 1.68. The summed E-state index contributed by atoms with van der Waals surface area (Å²) < 4.78 is 5.17. The summed E-state index contributed by atoms with van der Waals surface area (Å²) in [6.45, 7) is 6.67. The highest BCUT2D eigenvalue weighted by Gasteiger charge is 2.28. The minimum atomic E-state index is -0.112. The number of thiophene rings is 1. The molecule has 0 radical (unpaired) electrons. The number of rotatable bonds is 4. The molecule has 0 amide bonds. The van der Waals surface area contributed by atoms with E-state index in [1.165, 1.54) is 10.4 Å². The summed E-state index contributed by atoms with van der Waals surface area (Å²) in [5.74, 6) is 1.18. The lowest BCUT2D eigenvalue weighted by molar-refractivity contribution is -0.150. The molecule has 1 aliphatic carbocycles. The molecule has 1 fully saturated rings. The van der Waals surface area contributed by atoms with Gasteiger partial charge in [0.15, 0.2) is 0 Å². The van der Waals surface area contributed by atoms with Crippen molar-refractivity contribution >= 4 is 27.5 Å². The van der Waals surface area contributed by atoms with E-state index in [0.29, 0.717) is 31.4 Å². The molecule has 2 aromatic rings. The van der Waals surface area contributed by atoms with Gasteiger partial charge in [0.05, 0.1) is 24.5 Å². The molecule has 6 nitrogen and oxygen atoms in total.